The maximum absolute atomic E-state index is 11.8. The van der Waals surface area contributed by atoms with Crippen molar-refractivity contribution in [1.82, 2.24) is 0 Å². The van der Waals surface area contributed by atoms with E-state index in [2.05, 4.69) is 0 Å². The van der Waals surface area contributed by atoms with Gasteiger partial charge in [0.05, 0.1) is 0 Å². The minimum atomic E-state index is -4.14. The monoisotopic (exact) mass is 210 g/mol. The number of carbonyl (C=O) groups is 1. The van der Waals surface area contributed by atoms with Crippen LogP contribution in [0.15, 0.2) is 0 Å². The Kier molecular flexibility index (Phi) is 5.16. The molecule has 0 aromatic carbocycles. The molecular weight excluding hydrogens is 193 g/mol. The third-order valence-electron chi connectivity index (χ3n) is 2.39. The first-order valence-electron chi connectivity index (χ1n) is 4.83. The number of hydrogen-bond donors (Lipinski definition) is 0. The van der Waals surface area contributed by atoms with Crippen molar-refractivity contribution < 1.29 is 18.0 Å². The lowest BCUT2D eigenvalue weighted by molar-refractivity contribution is -0.137. The van der Waals surface area contributed by atoms with Gasteiger partial charge in [-0.05, 0) is 12.3 Å². The summed E-state index contributed by atoms with van der Waals surface area (Å²) in [5.41, 5.74) is 0. The molecule has 0 aromatic rings. The van der Waals surface area contributed by atoms with Crippen LogP contribution in [0.4, 0.5) is 13.2 Å². The minimum absolute atomic E-state index is 0.0405. The van der Waals surface area contributed by atoms with Gasteiger partial charge >= 0.3 is 6.18 Å². The van der Waals surface area contributed by atoms with Crippen molar-refractivity contribution in [3.8, 4) is 0 Å². The molecule has 0 aliphatic rings. The molecule has 1 nitrogen and oxygen atoms in total. The van der Waals surface area contributed by atoms with Crippen LogP contribution in [0.2, 0.25) is 0 Å². The molecule has 0 aliphatic carbocycles. The highest BCUT2D eigenvalue weighted by molar-refractivity contribution is 5.80. The highest BCUT2D eigenvalue weighted by atomic mass is 19.4. The molecule has 0 rings (SSSR count). The van der Waals surface area contributed by atoms with Crippen LogP contribution in [-0.4, -0.2) is 12.0 Å². The number of ketones is 1. The maximum atomic E-state index is 11.8. The van der Waals surface area contributed by atoms with Crippen molar-refractivity contribution in [3.63, 3.8) is 0 Å². The standard InChI is InChI=1S/C10H17F3O/c1-7(2)8(3)9(14)5-4-6-10(11,12)13/h7-8H,4-6H2,1-3H3. The molecule has 0 saturated heterocycles. The van der Waals surface area contributed by atoms with Crippen molar-refractivity contribution >= 4 is 5.78 Å². The summed E-state index contributed by atoms with van der Waals surface area (Å²) < 4.78 is 35.3. The third kappa shape index (κ3) is 6.00. The normalized spacial score (nSPS) is 14.5. The van der Waals surface area contributed by atoms with Crippen LogP contribution in [0.25, 0.3) is 0 Å². The first-order chi connectivity index (χ1) is 6.24. The molecule has 1 unspecified atom stereocenters. The van der Waals surface area contributed by atoms with E-state index in [-0.39, 0.29) is 30.5 Å². The Bertz CT molecular complexity index is 184. The lowest BCUT2D eigenvalue weighted by Gasteiger charge is -2.14. The molecule has 4 heteroatoms. The largest absolute Gasteiger partial charge is 0.389 e. The van der Waals surface area contributed by atoms with Crippen molar-refractivity contribution in [2.45, 2.75) is 46.2 Å². The fourth-order valence-corrected chi connectivity index (χ4v) is 1.06. The number of Topliss-reactive ketones (excluding diaryl/α,β-unsaturated/α-hetero) is 1. The molecule has 0 fully saturated rings. The molecule has 14 heavy (non-hydrogen) atoms. The Balaban J connectivity index is 3.75. The van der Waals surface area contributed by atoms with Crippen LogP contribution < -0.4 is 0 Å². The molecule has 0 amide bonds. The smallest absolute Gasteiger partial charge is 0.299 e. The molecule has 84 valence electrons. The van der Waals surface area contributed by atoms with Crippen LogP contribution in [-0.2, 0) is 4.79 Å². The molecule has 0 aromatic heterocycles. The van der Waals surface area contributed by atoms with Gasteiger partial charge in [0.1, 0.15) is 5.78 Å². The fourth-order valence-electron chi connectivity index (χ4n) is 1.06. The first kappa shape index (κ1) is 13.5. The Morgan fingerprint density at radius 3 is 2.07 bits per heavy atom. The van der Waals surface area contributed by atoms with E-state index in [0.29, 0.717) is 0 Å². The van der Waals surface area contributed by atoms with E-state index in [1.807, 2.05) is 13.8 Å². The van der Waals surface area contributed by atoms with E-state index in [4.69, 9.17) is 0 Å². The second kappa shape index (κ2) is 5.37. The van der Waals surface area contributed by atoms with Gasteiger partial charge in [-0.3, -0.25) is 4.79 Å². The second-order valence-electron chi connectivity index (χ2n) is 3.97. The molecule has 0 N–H and O–H groups in total. The van der Waals surface area contributed by atoms with Gasteiger partial charge in [-0.25, -0.2) is 0 Å². The minimum Gasteiger partial charge on any atom is -0.299 e. The summed E-state index contributed by atoms with van der Waals surface area (Å²) in [6, 6.07) is 0. The van der Waals surface area contributed by atoms with Gasteiger partial charge in [-0.1, -0.05) is 20.8 Å². The zero-order valence-corrected chi connectivity index (χ0v) is 8.82. The molecule has 1 atom stereocenters. The second-order valence-corrected chi connectivity index (χ2v) is 3.97. The van der Waals surface area contributed by atoms with Gasteiger partial charge in [-0.2, -0.15) is 13.2 Å². The zero-order chi connectivity index (χ0) is 11.4. The van der Waals surface area contributed by atoms with Crippen LogP contribution >= 0.6 is 0 Å². The summed E-state index contributed by atoms with van der Waals surface area (Å²) in [4.78, 5) is 11.3. The first-order valence-corrected chi connectivity index (χ1v) is 4.83. The van der Waals surface area contributed by atoms with Crippen molar-refractivity contribution in [2.75, 3.05) is 0 Å². The molecule has 0 radical (unpaired) electrons. The number of halogens is 3. The van der Waals surface area contributed by atoms with E-state index in [1.54, 1.807) is 6.92 Å². The van der Waals surface area contributed by atoms with Gasteiger partial charge in [-0.15, -0.1) is 0 Å². The average Bonchev–Trinajstić information content (AvgIpc) is 2.00. The number of hydrogen-bond acceptors (Lipinski definition) is 1. The van der Waals surface area contributed by atoms with E-state index in [0.717, 1.165) is 0 Å². The van der Waals surface area contributed by atoms with Crippen LogP contribution in [0.3, 0.4) is 0 Å². The Morgan fingerprint density at radius 1 is 1.21 bits per heavy atom. The predicted octanol–water partition coefficient (Wildman–Crippen LogP) is 3.58. The number of rotatable bonds is 5. The Hall–Kier alpha value is -0.540. The topological polar surface area (TPSA) is 17.1 Å². The molecule has 0 bridgehead atoms. The molecule has 0 aliphatic heterocycles. The van der Waals surface area contributed by atoms with Gasteiger partial charge in [0.25, 0.3) is 0 Å². The van der Waals surface area contributed by atoms with Gasteiger partial charge < -0.3 is 0 Å². The highest BCUT2D eigenvalue weighted by Gasteiger charge is 2.27. The van der Waals surface area contributed by atoms with Gasteiger partial charge in [0, 0.05) is 18.8 Å². The molecule has 0 saturated carbocycles. The quantitative estimate of drug-likeness (QED) is 0.677. The summed E-state index contributed by atoms with van der Waals surface area (Å²) in [5.74, 6) is 0.000806. The molecule has 0 heterocycles. The predicted molar refractivity (Wildman–Crippen MR) is 48.9 cm³/mol. The summed E-state index contributed by atoms with van der Waals surface area (Å²) >= 11 is 0. The summed E-state index contributed by atoms with van der Waals surface area (Å²) in [6.07, 6.45) is -5.04. The highest BCUT2D eigenvalue weighted by Crippen LogP contribution is 2.23. The van der Waals surface area contributed by atoms with Gasteiger partial charge in [0.2, 0.25) is 0 Å². The summed E-state index contributed by atoms with van der Waals surface area (Å²) in [5, 5.41) is 0. The number of carbonyl (C=O) groups excluding carboxylic acids is 1. The van der Waals surface area contributed by atoms with E-state index in [1.165, 1.54) is 0 Å². The summed E-state index contributed by atoms with van der Waals surface area (Å²) in [6.45, 7) is 5.55. The molecular formula is C10H17F3O. The SMILES string of the molecule is CC(C)C(C)C(=O)CCCC(F)(F)F. The molecule has 0 spiro atoms. The van der Waals surface area contributed by atoms with E-state index < -0.39 is 12.6 Å². The van der Waals surface area contributed by atoms with E-state index >= 15 is 0 Å². The fraction of sp³-hybridized carbons (Fsp3) is 0.900. The zero-order valence-electron chi connectivity index (χ0n) is 8.82. The number of alkyl halides is 3. The van der Waals surface area contributed by atoms with Crippen LogP contribution in [0.1, 0.15) is 40.0 Å². The average molecular weight is 210 g/mol. The van der Waals surface area contributed by atoms with E-state index in [9.17, 15) is 18.0 Å². The van der Waals surface area contributed by atoms with Crippen molar-refractivity contribution in [2.24, 2.45) is 11.8 Å². The Labute approximate surface area is 82.7 Å². The Morgan fingerprint density at radius 2 is 1.71 bits per heavy atom. The third-order valence-corrected chi connectivity index (χ3v) is 2.39. The van der Waals surface area contributed by atoms with Crippen LogP contribution in [0.5, 0.6) is 0 Å². The maximum Gasteiger partial charge on any atom is 0.389 e. The van der Waals surface area contributed by atoms with Crippen molar-refractivity contribution in [1.29, 1.82) is 0 Å². The van der Waals surface area contributed by atoms with Gasteiger partial charge in [0.15, 0.2) is 0 Å². The van der Waals surface area contributed by atoms with Crippen LogP contribution in [0, 0.1) is 11.8 Å². The lowest BCUT2D eigenvalue weighted by Crippen LogP contribution is -2.17. The van der Waals surface area contributed by atoms with Crippen molar-refractivity contribution in [3.05, 3.63) is 0 Å². The lowest BCUT2D eigenvalue weighted by atomic mass is 9.91. The summed E-state index contributed by atoms with van der Waals surface area (Å²) in [7, 11) is 0.